The van der Waals surface area contributed by atoms with Gasteiger partial charge in [-0.2, -0.15) is 13.2 Å². The first-order valence-electron chi connectivity index (χ1n) is 9.47. The molecule has 0 bridgehead atoms. The number of hydrogen-bond acceptors (Lipinski definition) is 7. The fourth-order valence-corrected chi connectivity index (χ4v) is 3.80. The molecule has 2 aromatic rings. The lowest BCUT2D eigenvalue weighted by Crippen LogP contribution is -2.49. The van der Waals surface area contributed by atoms with Crippen LogP contribution in [0, 0.1) is 0 Å². The van der Waals surface area contributed by atoms with Crippen LogP contribution in [-0.2, 0) is 9.84 Å². The lowest BCUT2D eigenvalue weighted by atomic mass is 10.1. The van der Waals surface area contributed by atoms with Gasteiger partial charge in [0.05, 0.1) is 10.5 Å². The number of alkyl halides is 3. The first kappa shape index (κ1) is 24.1. The van der Waals surface area contributed by atoms with Crippen molar-refractivity contribution in [3.8, 4) is 5.75 Å². The lowest BCUT2D eigenvalue weighted by Gasteiger charge is -2.35. The molecule has 2 heterocycles. The zero-order valence-electron chi connectivity index (χ0n) is 17.1. The summed E-state index contributed by atoms with van der Waals surface area (Å²) < 4.78 is 67.8. The average molecular weight is 493 g/mol. The van der Waals surface area contributed by atoms with Crippen LogP contribution in [0.2, 0.25) is 5.15 Å². The Labute approximate surface area is 187 Å². The summed E-state index contributed by atoms with van der Waals surface area (Å²) >= 11 is 5.74. The fraction of sp³-hybridized carbons (Fsp3) is 0.421. The summed E-state index contributed by atoms with van der Waals surface area (Å²) in [4.78, 5) is 16.2. The Kier molecular flexibility index (Phi) is 6.84. The van der Waals surface area contributed by atoms with Gasteiger partial charge in [-0.3, -0.25) is 4.79 Å². The molecule has 174 valence electrons. The van der Waals surface area contributed by atoms with E-state index in [1.807, 2.05) is 4.90 Å². The van der Waals surface area contributed by atoms with Gasteiger partial charge in [-0.1, -0.05) is 11.6 Å². The zero-order valence-corrected chi connectivity index (χ0v) is 18.7. The second-order valence-electron chi connectivity index (χ2n) is 7.23. The molecule has 1 amide bonds. The number of aromatic nitrogens is 2. The third kappa shape index (κ3) is 5.60. The first-order valence-corrected chi connectivity index (χ1v) is 11.7. The fourth-order valence-electron chi connectivity index (χ4n) is 3.05. The van der Waals surface area contributed by atoms with Crippen molar-refractivity contribution >= 4 is 33.2 Å². The quantitative estimate of drug-likeness (QED) is 0.633. The van der Waals surface area contributed by atoms with Crippen LogP contribution < -0.4 is 9.64 Å². The van der Waals surface area contributed by atoms with Crippen molar-refractivity contribution in [1.82, 2.24) is 15.1 Å². The van der Waals surface area contributed by atoms with Gasteiger partial charge in [0, 0.05) is 32.4 Å². The number of carbonyl (C=O) groups excluding carboxylic acids is 1. The Hall–Kier alpha value is -2.60. The summed E-state index contributed by atoms with van der Waals surface area (Å²) in [7, 11) is -3.69. The standard InChI is InChI=1S/C19H20ClF3N4O4S/c1-12(19(21,22)23)31-15-4-3-13(32(2,29)30)11-14(15)18(28)27-9-7-26(8-10-27)17-6-5-16(20)24-25-17/h3-6,11-12H,7-10H2,1-2H3. The molecule has 1 aromatic carbocycles. The molecular weight excluding hydrogens is 473 g/mol. The van der Waals surface area contributed by atoms with Crippen LogP contribution in [-0.4, -0.2) is 74.1 Å². The Balaban J connectivity index is 1.83. The molecule has 0 N–H and O–H groups in total. The van der Waals surface area contributed by atoms with Gasteiger partial charge in [0.2, 0.25) is 0 Å². The highest BCUT2D eigenvalue weighted by atomic mass is 35.5. The minimum atomic E-state index is -4.65. The van der Waals surface area contributed by atoms with Crippen LogP contribution in [0.3, 0.4) is 0 Å². The minimum absolute atomic E-state index is 0.192. The summed E-state index contributed by atoms with van der Waals surface area (Å²) in [6, 6.07) is 6.51. The highest BCUT2D eigenvalue weighted by molar-refractivity contribution is 7.90. The van der Waals surface area contributed by atoms with Crippen molar-refractivity contribution in [3.63, 3.8) is 0 Å². The predicted molar refractivity (Wildman–Crippen MR) is 111 cm³/mol. The maximum Gasteiger partial charge on any atom is 0.425 e. The van der Waals surface area contributed by atoms with Gasteiger partial charge < -0.3 is 14.5 Å². The summed E-state index contributed by atoms with van der Waals surface area (Å²) in [5.41, 5.74) is -0.247. The number of halogens is 4. The van der Waals surface area contributed by atoms with Crippen molar-refractivity contribution in [2.45, 2.75) is 24.1 Å². The molecule has 0 spiro atoms. The number of piperazine rings is 1. The van der Waals surface area contributed by atoms with E-state index in [0.29, 0.717) is 18.9 Å². The second kappa shape index (κ2) is 9.10. The maximum absolute atomic E-state index is 13.1. The maximum atomic E-state index is 13.1. The van der Waals surface area contributed by atoms with Crippen molar-refractivity contribution < 1.29 is 31.1 Å². The summed E-state index contributed by atoms with van der Waals surface area (Å²) in [5, 5.41) is 8.01. The van der Waals surface area contributed by atoms with Gasteiger partial charge in [-0.25, -0.2) is 8.42 Å². The van der Waals surface area contributed by atoms with Gasteiger partial charge in [0.1, 0.15) is 5.75 Å². The van der Waals surface area contributed by atoms with Gasteiger partial charge in [-0.15, -0.1) is 10.2 Å². The number of carbonyl (C=O) groups is 1. The van der Waals surface area contributed by atoms with Crippen LogP contribution in [0.5, 0.6) is 5.75 Å². The smallest absolute Gasteiger partial charge is 0.425 e. The first-order chi connectivity index (χ1) is 14.9. The van der Waals surface area contributed by atoms with E-state index >= 15 is 0 Å². The van der Waals surface area contributed by atoms with Gasteiger partial charge in [0.15, 0.2) is 26.9 Å². The van der Waals surface area contributed by atoms with Gasteiger partial charge in [-0.05, 0) is 37.3 Å². The monoisotopic (exact) mass is 492 g/mol. The second-order valence-corrected chi connectivity index (χ2v) is 9.63. The minimum Gasteiger partial charge on any atom is -0.480 e. The van der Waals surface area contributed by atoms with E-state index in [1.165, 1.54) is 4.90 Å². The van der Waals surface area contributed by atoms with Crippen LogP contribution in [0.4, 0.5) is 19.0 Å². The van der Waals surface area contributed by atoms with E-state index in [9.17, 15) is 26.4 Å². The molecule has 3 rings (SSSR count). The molecule has 8 nitrogen and oxygen atoms in total. The third-order valence-corrected chi connectivity index (χ3v) is 6.19. The Morgan fingerprint density at radius 3 is 2.31 bits per heavy atom. The van der Waals surface area contributed by atoms with Gasteiger partial charge >= 0.3 is 6.18 Å². The highest BCUT2D eigenvalue weighted by Crippen LogP contribution is 2.30. The third-order valence-electron chi connectivity index (χ3n) is 4.88. The van der Waals surface area contributed by atoms with Crippen molar-refractivity contribution in [3.05, 3.63) is 41.0 Å². The van der Waals surface area contributed by atoms with Crippen molar-refractivity contribution in [2.75, 3.05) is 37.3 Å². The van der Waals surface area contributed by atoms with Gasteiger partial charge in [0.25, 0.3) is 5.91 Å². The van der Waals surface area contributed by atoms with Crippen LogP contribution >= 0.6 is 11.6 Å². The molecule has 1 saturated heterocycles. The number of hydrogen-bond donors (Lipinski definition) is 0. The van der Waals surface area contributed by atoms with Crippen LogP contribution in [0.1, 0.15) is 17.3 Å². The van der Waals surface area contributed by atoms with Crippen LogP contribution in [0.25, 0.3) is 0 Å². The van der Waals surface area contributed by atoms with Crippen molar-refractivity contribution in [2.24, 2.45) is 0 Å². The normalized spacial score (nSPS) is 16.1. The molecular formula is C19H20ClF3N4O4S. The SMILES string of the molecule is CC(Oc1ccc(S(C)(=O)=O)cc1C(=O)N1CCN(c2ccc(Cl)nn2)CC1)C(F)(F)F. The largest absolute Gasteiger partial charge is 0.480 e. The molecule has 1 aliphatic rings. The summed E-state index contributed by atoms with van der Waals surface area (Å²) in [6.45, 7) is 2.07. The number of amides is 1. The molecule has 1 atom stereocenters. The van der Waals surface area contributed by atoms with E-state index in [1.54, 1.807) is 12.1 Å². The summed E-state index contributed by atoms with van der Waals surface area (Å²) in [5.74, 6) is -0.386. The van der Waals surface area contributed by atoms with E-state index in [2.05, 4.69) is 10.2 Å². The molecule has 32 heavy (non-hydrogen) atoms. The average Bonchev–Trinajstić information content (AvgIpc) is 2.73. The molecule has 1 unspecified atom stereocenters. The number of nitrogens with zero attached hydrogens (tertiary/aromatic N) is 4. The zero-order chi connectivity index (χ0) is 23.7. The molecule has 0 aliphatic carbocycles. The number of ether oxygens (including phenoxy) is 1. The Bertz CT molecular complexity index is 1090. The highest BCUT2D eigenvalue weighted by Gasteiger charge is 2.39. The van der Waals surface area contributed by atoms with Crippen molar-refractivity contribution in [1.29, 1.82) is 0 Å². The topological polar surface area (TPSA) is 92.7 Å². The van der Waals surface area contributed by atoms with Crippen LogP contribution in [0.15, 0.2) is 35.2 Å². The molecule has 13 heteroatoms. The van der Waals surface area contributed by atoms with E-state index in [4.69, 9.17) is 16.3 Å². The molecule has 1 aromatic heterocycles. The molecule has 1 aliphatic heterocycles. The predicted octanol–water partition coefficient (Wildman–Crippen LogP) is 2.83. The lowest BCUT2D eigenvalue weighted by molar-refractivity contribution is -0.189. The van der Waals surface area contributed by atoms with E-state index < -0.39 is 28.0 Å². The number of sulfone groups is 1. The Morgan fingerprint density at radius 1 is 1.12 bits per heavy atom. The van der Waals surface area contributed by atoms with E-state index in [0.717, 1.165) is 31.4 Å². The molecule has 1 fully saturated rings. The Morgan fingerprint density at radius 2 is 1.78 bits per heavy atom. The number of benzene rings is 1. The molecule has 0 radical (unpaired) electrons. The van der Waals surface area contributed by atoms with E-state index in [-0.39, 0.29) is 34.5 Å². The molecule has 0 saturated carbocycles. The number of rotatable bonds is 5. The summed E-state index contributed by atoms with van der Waals surface area (Å²) in [6.07, 6.45) is -5.89. The number of anilines is 1.